The Morgan fingerprint density at radius 3 is 2.65 bits per heavy atom. The van der Waals surface area contributed by atoms with Gasteiger partial charge in [-0.25, -0.2) is 4.79 Å². The fraction of sp³-hybridized carbons (Fsp3) is 0.231. The second-order valence-corrected chi connectivity index (χ2v) is 3.92. The van der Waals surface area contributed by atoms with Gasteiger partial charge in [-0.1, -0.05) is 0 Å². The number of fused-ring (bicyclic) bond motifs is 1. The normalized spacial score (nSPS) is 10.3. The van der Waals surface area contributed by atoms with Crippen LogP contribution in [0.15, 0.2) is 18.2 Å². The molecule has 0 bridgehead atoms. The number of methoxy groups -OCH3 is 1. The molecule has 3 N–H and O–H groups in total. The summed E-state index contributed by atoms with van der Waals surface area (Å²) in [6.07, 6.45) is -0.812. The second kappa shape index (κ2) is 5.52. The van der Waals surface area contributed by atoms with Crippen LogP contribution in [0.1, 0.15) is 17.3 Å². The highest BCUT2D eigenvalue weighted by atomic mass is 16.7. The summed E-state index contributed by atoms with van der Waals surface area (Å²) in [5, 5.41) is 0.664. The molecule has 106 valence electrons. The monoisotopic (exact) mass is 278 g/mol. The Balaban J connectivity index is 2.42. The smallest absolute Gasteiger partial charge is 0.496 e. The maximum absolute atomic E-state index is 11.2. The van der Waals surface area contributed by atoms with Gasteiger partial charge in [-0.2, -0.15) is 0 Å². The van der Waals surface area contributed by atoms with E-state index in [4.69, 9.17) is 15.2 Å². The summed E-state index contributed by atoms with van der Waals surface area (Å²) < 4.78 is 14.8. The Kier molecular flexibility index (Phi) is 3.79. The highest BCUT2D eigenvalue weighted by molar-refractivity contribution is 5.99. The van der Waals surface area contributed by atoms with Gasteiger partial charge in [-0.3, -0.25) is 4.79 Å². The molecule has 0 fully saturated rings. The Hall–Kier alpha value is -2.70. The Morgan fingerprint density at radius 2 is 2.05 bits per heavy atom. The van der Waals surface area contributed by atoms with Crippen LogP contribution in [0, 0.1) is 0 Å². The van der Waals surface area contributed by atoms with Crippen molar-refractivity contribution in [3.63, 3.8) is 0 Å². The van der Waals surface area contributed by atoms with Gasteiger partial charge in [0.25, 0.3) is 0 Å². The van der Waals surface area contributed by atoms with Crippen LogP contribution in [-0.4, -0.2) is 30.8 Å². The number of hydrogen-bond donors (Lipinski definition) is 2. The van der Waals surface area contributed by atoms with Crippen molar-refractivity contribution in [3.05, 3.63) is 23.8 Å². The van der Waals surface area contributed by atoms with Crippen molar-refractivity contribution in [1.82, 2.24) is 4.98 Å². The van der Waals surface area contributed by atoms with Gasteiger partial charge >= 0.3 is 6.16 Å². The number of H-pyrrole nitrogens is 1. The zero-order valence-electron chi connectivity index (χ0n) is 11.1. The van der Waals surface area contributed by atoms with Crippen LogP contribution in [0.5, 0.6) is 11.6 Å². The van der Waals surface area contributed by atoms with E-state index in [2.05, 4.69) is 9.72 Å². The number of aromatic amines is 1. The van der Waals surface area contributed by atoms with Crippen molar-refractivity contribution in [2.75, 3.05) is 13.7 Å². The van der Waals surface area contributed by atoms with Gasteiger partial charge in [0.15, 0.2) is 0 Å². The molecule has 0 saturated heterocycles. The van der Waals surface area contributed by atoms with E-state index in [1.54, 1.807) is 19.1 Å². The molecule has 1 heterocycles. The molecule has 0 saturated carbocycles. The van der Waals surface area contributed by atoms with Crippen LogP contribution < -0.4 is 15.2 Å². The van der Waals surface area contributed by atoms with Gasteiger partial charge in [0.2, 0.25) is 11.8 Å². The van der Waals surface area contributed by atoms with Gasteiger partial charge in [-0.05, 0) is 19.1 Å². The van der Waals surface area contributed by atoms with Gasteiger partial charge in [0.1, 0.15) is 5.75 Å². The molecule has 0 aliphatic rings. The lowest BCUT2D eigenvalue weighted by Crippen LogP contribution is -2.11. The van der Waals surface area contributed by atoms with Crippen LogP contribution in [0.3, 0.4) is 0 Å². The number of aromatic nitrogens is 1. The molecule has 0 aliphatic heterocycles. The Labute approximate surface area is 114 Å². The molecule has 20 heavy (non-hydrogen) atoms. The average Bonchev–Trinajstić information content (AvgIpc) is 2.79. The molecule has 1 aromatic heterocycles. The zero-order valence-corrected chi connectivity index (χ0v) is 11.1. The predicted octanol–water partition coefficient (Wildman–Crippen LogP) is 1.81. The molecule has 7 heteroatoms. The first-order valence-electron chi connectivity index (χ1n) is 5.90. The summed E-state index contributed by atoms with van der Waals surface area (Å²) in [5.41, 5.74) is 6.10. The number of nitrogens with one attached hydrogen (secondary N) is 1. The van der Waals surface area contributed by atoms with Gasteiger partial charge in [-0.15, -0.1) is 0 Å². The second-order valence-electron chi connectivity index (χ2n) is 3.92. The van der Waals surface area contributed by atoms with Crippen molar-refractivity contribution in [2.24, 2.45) is 5.73 Å². The van der Waals surface area contributed by atoms with Gasteiger partial charge < -0.3 is 24.9 Å². The van der Waals surface area contributed by atoms with E-state index in [9.17, 15) is 9.59 Å². The molecule has 0 unspecified atom stereocenters. The van der Waals surface area contributed by atoms with Gasteiger partial charge in [0.05, 0.1) is 19.2 Å². The molecule has 0 spiro atoms. The average molecular weight is 278 g/mol. The highest BCUT2D eigenvalue weighted by Crippen LogP contribution is 2.30. The van der Waals surface area contributed by atoms with Crippen LogP contribution >= 0.6 is 0 Å². The first-order valence-corrected chi connectivity index (χ1v) is 5.90. The molecule has 1 amide bonds. The Morgan fingerprint density at radius 1 is 1.30 bits per heavy atom. The molecule has 2 aromatic rings. The fourth-order valence-electron chi connectivity index (χ4n) is 1.78. The number of primary amides is 1. The minimum absolute atomic E-state index is 0.193. The topological polar surface area (TPSA) is 104 Å². The minimum Gasteiger partial charge on any atom is -0.496 e. The molecule has 2 rings (SSSR count). The first-order chi connectivity index (χ1) is 9.55. The quantitative estimate of drug-likeness (QED) is 0.830. The largest absolute Gasteiger partial charge is 0.515 e. The zero-order chi connectivity index (χ0) is 14.7. The molecule has 7 nitrogen and oxygen atoms in total. The first kappa shape index (κ1) is 13.7. The van der Waals surface area contributed by atoms with Crippen molar-refractivity contribution >= 4 is 23.0 Å². The summed E-state index contributed by atoms with van der Waals surface area (Å²) >= 11 is 0. The maximum Gasteiger partial charge on any atom is 0.515 e. The third kappa shape index (κ3) is 2.66. The summed E-state index contributed by atoms with van der Waals surface area (Å²) in [6.45, 7) is 1.89. The number of benzene rings is 1. The van der Waals surface area contributed by atoms with Crippen molar-refractivity contribution < 1.29 is 23.8 Å². The summed E-state index contributed by atoms with van der Waals surface area (Å²) in [7, 11) is 1.47. The lowest BCUT2D eigenvalue weighted by atomic mass is 10.1. The number of amides is 1. The van der Waals surface area contributed by atoms with E-state index < -0.39 is 12.1 Å². The number of nitrogens with two attached hydrogens (primary N) is 1. The molecule has 1 aromatic carbocycles. The highest BCUT2D eigenvalue weighted by Gasteiger charge is 2.14. The Bertz CT molecular complexity index is 662. The third-order valence-electron chi connectivity index (χ3n) is 2.64. The van der Waals surface area contributed by atoms with E-state index in [1.807, 2.05) is 0 Å². The van der Waals surface area contributed by atoms with Gasteiger partial charge in [0, 0.05) is 17.0 Å². The van der Waals surface area contributed by atoms with E-state index >= 15 is 0 Å². The predicted molar refractivity (Wildman–Crippen MR) is 71.0 cm³/mol. The van der Waals surface area contributed by atoms with E-state index in [1.165, 1.54) is 13.2 Å². The van der Waals surface area contributed by atoms with Crippen molar-refractivity contribution in [3.8, 4) is 11.6 Å². The van der Waals surface area contributed by atoms with Crippen molar-refractivity contribution in [2.45, 2.75) is 6.92 Å². The van der Waals surface area contributed by atoms with Crippen LogP contribution in [-0.2, 0) is 4.74 Å². The number of hydrogen-bond acceptors (Lipinski definition) is 5. The SMILES string of the molecule is CCOC(=O)Oc1cc2c(OC)cc(C(N)=O)cc2[nH]1. The standard InChI is InChI=1S/C13H14N2O5/c1-3-19-13(17)20-11-6-8-9(15-11)4-7(12(14)16)5-10(8)18-2/h4-6,15H,3H2,1-2H3,(H2,14,16). The molecular formula is C13H14N2O5. The number of rotatable bonds is 4. The molecular weight excluding hydrogens is 264 g/mol. The van der Waals surface area contributed by atoms with Crippen LogP contribution in [0.4, 0.5) is 4.79 Å². The fourth-order valence-corrected chi connectivity index (χ4v) is 1.78. The van der Waals surface area contributed by atoms with Crippen molar-refractivity contribution in [1.29, 1.82) is 0 Å². The summed E-state index contributed by atoms with van der Waals surface area (Å²) in [6, 6.07) is 4.65. The van der Waals surface area contributed by atoms with E-state index in [-0.39, 0.29) is 12.5 Å². The summed E-state index contributed by atoms with van der Waals surface area (Å²) in [4.78, 5) is 25.3. The maximum atomic E-state index is 11.2. The van der Waals surface area contributed by atoms with E-state index in [0.717, 1.165) is 0 Å². The third-order valence-corrected chi connectivity index (χ3v) is 2.64. The molecule has 0 aliphatic carbocycles. The van der Waals surface area contributed by atoms with Crippen LogP contribution in [0.25, 0.3) is 10.9 Å². The lowest BCUT2D eigenvalue weighted by Gasteiger charge is -2.03. The number of carbonyl (C=O) groups is 2. The lowest BCUT2D eigenvalue weighted by molar-refractivity contribution is 0.0996. The molecule has 0 radical (unpaired) electrons. The molecule has 0 atom stereocenters. The van der Waals surface area contributed by atoms with Crippen LogP contribution in [0.2, 0.25) is 0 Å². The number of carbonyl (C=O) groups excluding carboxylic acids is 2. The number of ether oxygens (including phenoxy) is 3. The minimum atomic E-state index is -0.812. The van der Waals surface area contributed by atoms with E-state index in [0.29, 0.717) is 22.2 Å². The summed E-state index contributed by atoms with van der Waals surface area (Å²) in [5.74, 6) is 0.0669.